The van der Waals surface area contributed by atoms with Gasteiger partial charge in [0.05, 0.1) is 25.1 Å². The topological polar surface area (TPSA) is 102 Å². The Labute approximate surface area is 153 Å². The van der Waals surface area contributed by atoms with Crippen LogP contribution < -0.4 is 15.0 Å². The van der Waals surface area contributed by atoms with Crippen LogP contribution in [0, 0.1) is 0 Å². The van der Waals surface area contributed by atoms with Crippen LogP contribution >= 0.6 is 11.8 Å². The van der Waals surface area contributed by atoms with Crippen molar-refractivity contribution in [2.24, 2.45) is 0 Å². The molecule has 0 saturated carbocycles. The average Bonchev–Trinajstić information content (AvgIpc) is 2.65. The third-order valence-electron chi connectivity index (χ3n) is 3.75. The van der Waals surface area contributed by atoms with Gasteiger partial charge in [-0.15, -0.1) is 0 Å². The molecular weight excluding hydrogens is 356 g/mol. The van der Waals surface area contributed by atoms with E-state index in [-0.39, 0.29) is 10.7 Å². The Morgan fingerprint density at radius 2 is 1.81 bits per heavy atom. The van der Waals surface area contributed by atoms with Gasteiger partial charge in [0.1, 0.15) is 5.25 Å². The molecule has 0 aliphatic rings. The summed E-state index contributed by atoms with van der Waals surface area (Å²) in [6.07, 6.45) is 0. The smallest absolute Gasteiger partial charge is 0.321 e. The summed E-state index contributed by atoms with van der Waals surface area (Å²) in [6.45, 7) is 0. The van der Waals surface area contributed by atoms with Crippen molar-refractivity contribution in [2.75, 3.05) is 14.2 Å². The van der Waals surface area contributed by atoms with Crippen LogP contribution in [0.15, 0.2) is 52.4 Å². The van der Waals surface area contributed by atoms with Crippen molar-refractivity contribution in [1.29, 1.82) is 0 Å². The SMILES string of the molecule is COc1cc2nc(S[C@@H](C(=O)O)c3ccccc3)[nH]c(=O)c2cc1OC. The number of carboxylic acids is 1. The van der Waals surface area contributed by atoms with Gasteiger partial charge in [-0.25, -0.2) is 4.98 Å². The molecule has 0 spiro atoms. The zero-order valence-corrected chi connectivity index (χ0v) is 14.9. The summed E-state index contributed by atoms with van der Waals surface area (Å²) < 4.78 is 10.4. The monoisotopic (exact) mass is 372 g/mol. The maximum absolute atomic E-state index is 12.4. The zero-order chi connectivity index (χ0) is 18.7. The van der Waals surface area contributed by atoms with Gasteiger partial charge in [-0.2, -0.15) is 0 Å². The quantitative estimate of drug-likeness (QED) is 0.507. The number of rotatable bonds is 6. The highest BCUT2D eigenvalue weighted by Gasteiger charge is 2.23. The minimum absolute atomic E-state index is 0.214. The van der Waals surface area contributed by atoms with E-state index in [0.717, 1.165) is 11.8 Å². The van der Waals surface area contributed by atoms with Crippen molar-refractivity contribution in [3.8, 4) is 11.5 Å². The Balaban J connectivity index is 2.05. The molecule has 0 saturated heterocycles. The fourth-order valence-corrected chi connectivity index (χ4v) is 3.42. The summed E-state index contributed by atoms with van der Waals surface area (Å²) in [4.78, 5) is 31.1. The molecule has 1 atom stereocenters. The van der Waals surface area contributed by atoms with E-state index in [2.05, 4.69) is 9.97 Å². The first kappa shape index (κ1) is 17.8. The highest BCUT2D eigenvalue weighted by molar-refractivity contribution is 8.00. The second kappa shape index (κ2) is 7.49. The number of aliphatic carboxylic acids is 1. The fraction of sp³-hybridized carbons (Fsp3) is 0.167. The average molecular weight is 372 g/mol. The minimum Gasteiger partial charge on any atom is -0.493 e. The van der Waals surface area contributed by atoms with Crippen molar-refractivity contribution in [1.82, 2.24) is 9.97 Å². The molecule has 1 aromatic heterocycles. The number of ether oxygens (including phenoxy) is 2. The Bertz CT molecular complexity index is 1000. The second-order valence-corrected chi connectivity index (χ2v) is 6.44. The molecule has 0 unspecified atom stereocenters. The molecule has 0 radical (unpaired) electrons. The lowest BCUT2D eigenvalue weighted by molar-refractivity contribution is -0.136. The molecule has 2 aromatic carbocycles. The lowest BCUT2D eigenvalue weighted by Crippen LogP contribution is -2.13. The molecule has 1 heterocycles. The Morgan fingerprint density at radius 1 is 1.15 bits per heavy atom. The van der Waals surface area contributed by atoms with Crippen LogP contribution in [-0.2, 0) is 4.79 Å². The number of aromatic amines is 1. The number of hydrogen-bond donors (Lipinski definition) is 2. The van der Waals surface area contributed by atoms with E-state index in [4.69, 9.17) is 9.47 Å². The Hall–Kier alpha value is -3.00. The zero-order valence-electron chi connectivity index (χ0n) is 14.1. The van der Waals surface area contributed by atoms with Gasteiger partial charge in [0.15, 0.2) is 16.7 Å². The molecule has 134 valence electrons. The number of aromatic nitrogens is 2. The van der Waals surface area contributed by atoms with Crippen LogP contribution in [0.1, 0.15) is 10.8 Å². The van der Waals surface area contributed by atoms with Crippen molar-refractivity contribution in [3.63, 3.8) is 0 Å². The summed E-state index contributed by atoms with van der Waals surface area (Å²) in [5.41, 5.74) is 0.627. The van der Waals surface area contributed by atoms with Crippen LogP contribution in [0.2, 0.25) is 0 Å². The van der Waals surface area contributed by atoms with Gasteiger partial charge >= 0.3 is 5.97 Å². The molecule has 0 bridgehead atoms. The van der Waals surface area contributed by atoms with Crippen molar-refractivity contribution < 1.29 is 19.4 Å². The molecule has 3 rings (SSSR count). The minimum atomic E-state index is -1.02. The molecule has 8 heteroatoms. The van der Waals surface area contributed by atoms with Crippen molar-refractivity contribution in [2.45, 2.75) is 10.4 Å². The van der Waals surface area contributed by atoms with Crippen LogP contribution in [0.3, 0.4) is 0 Å². The van der Waals surface area contributed by atoms with Crippen LogP contribution in [0.4, 0.5) is 0 Å². The summed E-state index contributed by atoms with van der Waals surface area (Å²) >= 11 is 0.964. The molecule has 0 aliphatic heterocycles. The van der Waals surface area contributed by atoms with E-state index in [1.54, 1.807) is 36.4 Å². The molecule has 0 aliphatic carbocycles. The lowest BCUT2D eigenvalue weighted by atomic mass is 10.1. The maximum atomic E-state index is 12.4. The number of benzene rings is 2. The van der Waals surface area contributed by atoms with Gasteiger partial charge in [0, 0.05) is 6.07 Å². The molecular formula is C18H16N2O5S. The van der Waals surface area contributed by atoms with E-state index in [0.29, 0.717) is 28.0 Å². The first-order valence-corrected chi connectivity index (χ1v) is 8.52. The van der Waals surface area contributed by atoms with E-state index < -0.39 is 11.2 Å². The molecule has 0 fully saturated rings. The maximum Gasteiger partial charge on any atom is 0.321 e. The highest BCUT2D eigenvalue weighted by Crippen LogP contribution is 2.35. The van der Waals surface area contributed by atoms with E-state index >= 15 is 0 Å². The summed E-state index contributed by atoms with van der Waals surface area (Å²) in [5, 5.41) is 9.20. The molecule has 7 nitrogen and oxygen atoms in total. The van der Waals surface area contributed by atoms with Gasteiger partial charge in [0.25, 0.3) is 5.56 Å². The van der Waals surface area contributed by atoms with E-state index in [1.807, 2.05) is 6.07 Å². The highest BCUT2D eigenvalue weighted by atomic mass is 32.2. The summed E-state index contributed by atoms with van der Waals surface area (Å²) in [6, 6.07) is 11.9. The van der Waals surface area contributed by atoms with Crippen LogP contribution in [-0.4, -0.2) is 35.3 Å². The van der Waals surface area contributed by atoms with Gasteiger partial charge in [-0.1, -0.05) is 42.1 Å². The van der Waals surface area contributed by atoms with Crippen molar-refractivity contribution in [3.05, 3.63) is 58.4 Å². The number of carbonyl (C=O) groups is 1. The molecule has 26 heavy (non-hydrogen) atoms. The molecule has 2 N–H and O–H groups in total. The number of hydrogen-bond acceptors (Lipinski definition) is 6. The number of carboxylic acid groups (broad SMARTS) is 1. The van der Waals surface area contributed by atoms with Crippen molar-refractivity contribution >= 4 is 28.6 Å². The second-order valence-electron chi connectivity index (χ2n) is 5.34. The van der Waals surface area contributed by atoms with Gasteiger partial charge in [0.2, 0.25) is 0 Å². The summed E-state index contributed by atoms with van der Waals surface area (Å²) in [5.74, 6) is -0.163. The molecule has 0 amide bonds. The first-order chi connectivity index (χ1) is 12.5. The normalized spacial score (nSPS) is 11.9. The first-order valence-electron chi connectivity index (χ1n) is 7.64. The van der Waals surface area contributed by atoms with Gasteiger partial charge in [-0.05, 0) is 11.6 Å². The Kier molecular flexibility index (Phi) is 5.13. The van der Waals surface area contributed by atoms with Gasteiger partial charge < -0.3 is 19.6 Å². The number of nitrogens with zero attached hydrogens (tertiary/aromatic N) is 1. The largest absolute Gasteiger partial charge is 0.493 e. The number of methoxy groups -OCH3 is 2. The third-order valence-corrected chi connectivity index (χ3v) is 4.87. The standard InChI is InChI=1S/C18H16N2O5S/c1-24-13-8-11-12(9-14(13)25-2)19-18(20-16(11)21)26-15(17(22)23)10-6-4-3-5-7-10/h3-9,15H,1-2H3,(H,22,23)(H,19,20,21)/t15-/m1/s1. The lowest BCUT2D eigenvalue weighted by Gasteiger charge is -2.13. The number of H-pyrrole nitrogens is 1. The van der Waals surface area contributed by atoms with Gasteiger partial charge in [-0.3, -0.25) is 9.59 Å². The third kappa shape index (κ3) is 3.50. The van der Waals surface area contributed by atoms with Crippen LogP contribution in [0.25, 0.3) is 10.9 Å². The molecule has 3 aromatic rings. The number of thioether (sulfide) groups is 1. The number of fused-ring (bicyclic) bond motifs is 1. The van der Waals surface area contributed by atoms with E-state index in [9.17, 15) is 14.7 Å². The summed E-state index contributed by atoms with van der Waals surface area (Å²) in [7, 11) is 2.97. The fourth-order valence-electron chi connectivity index (χ4n) is 2.50. The predicted octanol–water partition coefficient (Wildman–Crippen LogP) is 2.86. The predicted molar refractivity (Wildman–Crippen MR) is 98.1 cm³/mol. The van der Waals surface area contributed by atoms with E-state index in [1.165, 1.54) is 14.2 Å². The van der Waals surface area contributed by atoms with Crippen LogP contribution in [0.5, 0.6) is 11.5 Å². The Morgan fingerprint density at radius 3 is 2.42 bits per heavy atom. The number of nitrogens with one attached hydrogen (secondary N) is 1.